The molecule has 0 aromatic heterocycles. The Labute approximate surface area is 159 Å². The first-order chi connectivity index (χ1) is 12.5. The van der Waals surface area contributed by atoms with Gasteiger partial charge in [-0.05, 0) is 37.9 Å². The van der Waals surface area contributed by atoms with E-state index in [1.807, 2.05) is 0 Å². The average molecular weight is 361 g/mol. The molecule has 2 rings (SSSR count). The summed E-state index contributed by atoms with van der Waals surface area (Å²) in [6.45, 7) is 16.3. The fourth-order valence-corrected chi connectivity index (χ4v) is 3.37. The summed E-state index contributed by atoms with van der Waals surface area (Å²) in [6.07, 6.45) is 1.12. The van der Waals surface area contributed by atoms with E-state index in [2.05, 4.69) is 67.5 Å². The third-order valence-electron chi connectivity index (χ3n) is 4.90. The van der Waals surface area contributed by atoms with Gasteiger partial charge in [0.1, 0.15) is 0 Å². The van der Waals surface area contributed by atoms with Crippen LogP contribution in [0.4, 0.5) is 0 Å². The molecule has 1 aromatic carbocycles. The Kier molecular flexibility index (Phi) is 8.39. The summed E-state index contributed by atoms with van der Waals surface area (Å²) in [6, 6.07) is 8.60. The molecular formula is C21H36N4O. The van der Waals surface area contributed by atoms with Crippen molar-refractivity contribution in [1.29, 1.82) is 0 Å². The van der Waals surface area contributed by atoms with Gasteiger partial charge in [0.2, 0.25) is 0 Å². The highest BCUT2D eigenvalue weighted by atomic mass is 16.5. The minimum absolute atomic E-state index is 0.0154. The van der Waals surface area contributed by atoms with Gasteiger partial charge in [0.15, 0.2) is 5.96 Å². The van der Waals surface area contributed by atoms with E-state index in [0.717, 1.165) is 64.9 Å². The van der Waals surface area contributed by atoms with E-state index in [1.54, 1.807) is 0 Å². The number of nitrogens with zero attached hydrogens (tertiary/aromatic N) is 2. The number of ether oxygens (including phenoxy) is 1. The first-order valence-corrected chi connectivity index (χ1v) is 9.91. The molecule has 0 radical (unpaired) electrons. The summed E-state index contributed by atoms with van der Waals surface area (Å²) in [7, 11) is 0. The number of guanidine groups is 1. The molecule has 26 heavy (non-hydrogen) atoms. The van der Waals surface area contributed by atoms with Crippen molar-refractivity contribution in [2.75, 3.05) is 52.5 Å². The van der Waals surface area contributed by atoms with Gasteiger partial charge in [-0.25, -0.2) is 0 Å². The van der Waals surface area contributed by atoms with Crippen molar-refractivity contribution in [3.63, 3.8) is 0 Å². The van der Waals surface area contributed by atoms with Crippen LogP contribution in [-0.2, 0) is 10.2 Å². The second kappa shape index (κ2) is 10.5. The fourth-order valence-electron chi connectivity index (χ4n) is 3.37. The van der Waals surface area contributed by atoms with Crippen LogP contribution in [0.3, 0.4) is 0 Å². The summed E-state index contributed by atoms with van der Waals surface area (Å²) in [5.74, 6) is 0.913. The molecule has 1 aliphatic heterocycles. The van der Waals surface area contributed by atoms with Crippen LogP contribution in [0.25, 0.3) is 0 Å². The Morgan fingerprint density at radius 1 is 1.19 bits per heavy atom. The molecule has 0 atom stereocenters. The normalized spacial score (nSPS) is 16.5. The highest BCUT2D eigenvalue weighted by molar-refractivity contribution is 5.79. The lowest BCUT2D eigenvalue weighted by atomic mass is 9.82. The van der Waals surface area contributed by atoms with Crippen LogP contribution in [0.2, 0.25) is 0 Å². The van der Waals surface area contributed by atoms with Crippen LogP contribution in [0.15, 0.2) is 29.3 Å². The summed E-state index contributed by atoms with van der Waals surface area (Å²) in [5.41, 5.74) is 2.71. The van der Waals surface area contributed by atoms with Gasteiger partial charge in [-0.2, -0.15) is 0 Å². The number of benzene rings is 1. The van der Waals surface area contributed by atoms with Crippen molar-refractivity contribution in [1.82, 2.24) is 15.5 Å². The SMILES string of the molecule is CCNC(=NCC(C)(C)c1ccccc1C)NCCCN1CCOCC1. The number of morpholine rings is 1. The van der Waals surface area contributed by atoms with Gasteiger partial charge in [0.25, 0.3) is 0 Å². The number of nitrogens with one attached hydrogen (secondary N) is 2. The summed E-state index contributed by atoms with van der Waals surface area (Å²) >= 11 is 0. The molecule has 0 amide bonds. The Hall–Kier alpha value is -1.59. The third-order valence-corrected chi connectivity index (χ3v) is 4.90. The van der Waals surface area contributed by atoms with Crippen LogP contribution >= 0.6 is 0 Å². The number of aryl methyl sites for hydroxylation is 1. The molecule has 0 saturated carbocycles. The number of aliphatic imine (C=N–C) groups is 1. The van der Waals surface area contributed by atoms with E-state index in [9.17, 15) is 0 Å². The van der Waals surface area contributed by atoms with E-state index < -0.39 is 0 Å². The van der Waals surface area contributed by atoms with Gasteiger partial charge < -0.3 is 15.4 Å². The lowest BCUT2D eigenvalue weighted by Crippen LogP contribution is -2.41. The lowest BCUT2D eigenvalue weighted by molar-refractivity contribution is 0.0376. The van der Waals surface area contributed by atoms with E-state index in [0.29, 0.717) is 0 Å². The van der Waals surface area contributed by atoms with Gasteiger partial charge in [-0.1, -0.05) is 38.1 Å². The summed E-state index contributed by atoms with van der Waals surface area (Å²) < 4.78 is 5.40. The van der Waals surface area contributed by atoms with Gasteiger partial charge >= 0.3 is 0 Å². The van der Waals surface area contributed by atoms with Gasteiger partial charge in [-0.3, -0.25) is 9.89 Å². The second-order valence-electron chi connectivity index (χ2n) is 7.63. The molecule has 5 nitrogen and oxygen atoms in total. The smallest absolute Gasteiger partial charge is 0.191 e. The minimum atomic E-state index is 0.0154. The van der Waals surface area contributed by atoms with Crippen LogP contribution in [0.1, 0.15) is 38.3 Å². The minimum Gasteiger partial charge on any atom is -0.379 e. The Morgan fingerprint density at radius 3 is 2.62 bits per heavy atom. The predicted molar refractivity (Wildman–Crippen MR) is 110 cm³/mol. The first-order valence-electron chi connectivity index (χ1n) is 9.91. The molecule has 1 fully saturated rings. The molecule has 146 valence electrons. The van der Waals surface area contributed by atoms with Crippen LogP contribution in [0.5, 0.6) is 0 Å². The Bertz CT molecular complexity index is 565. The molecular weight excluding hydrogens is 324 g/mol. The van der Waals surface area contributed by atoms with E-state index in [-0.39, 0.29) is 5.41 Å². The van der Waals surface area contributed by atoms with Gasteiger partial charge in [0, 0.05) is 31.6 Å². The molecule has 1 saturated heterocycles. The third kappa shape index (κ3) is 6.61. The molecule has 0 bridgehead atoms. The van der Waals surface area contributed by atoms with Crippen molar-refractivity contribution in [3.8, 4) is 0 Å². The summed E-state index contributed by atoms with van der Waals surface area (Å²) in [5, 5.41) is 6.84. The average Bonchev–Trinajstić information content (AvgIpc) is 2.64. The number of hydrogen-bond acceptors (Lipinski definition) is 3. The highest BCUT2D eigenvalue weighted by Crippen LogP contribution is 2.26. The van der Waals surface area contributed by atoms with Gasteiger partial charge in [0.05, 0.1) is 19.8 Å². The van der Waals surface area contributed by atoms with Crippen LogP contribution in [-0.4, -0.2) is 63.3 Å². The molecule has 1 heterocycles. The van der Waals surface area contributed by atoms with Crippen molar-refractivity contribution in [2.45, 2.75) is 39.5 Å². The van der Waals surface area contributed by atoms with E-state index >= 15 is 0 Å². The fraction of sp³-hybridized carbons (Fsp3) is 0.667. The van der Waals surface area contributed by atoms with Crippen molar-refractivity contribution >= 4 is 5.96 Å². The largest absolute Gasteiger partial charge is 0.379 e. The molecule has 0 spiro atoms. The second-order valence-corrected chi connectivity index (χ2v) is 7.63. The molecule has 2 N–H and O–H groups in total. The zero-order valence-corrected chi connectivity index (χ0v) is 17.0. The number of rotatable bonds is 8. The molecule has 0 aliphatic carbocycles. The maximum atomic E-state index is 5.40. The van der Waals surface area contributed by atoms with Crippen molar-refractivity contribution in [2.24, 2.45) is 4.99 Å². The Morgan fingerprint density at radius 2 is 1.92 bits per heavy atom. The topological polar surface area (TPSA) is 48.9 Å². The maximum absolute atomic E-state index is 5.40. The summed E-state index contributed by atoms with van der Waals surface area (Å²) in [4.78, 5) is 7.32. The van der Waals surface area contributed by atoms with Crippen LogP contribution in [0, 0.1) is 6.92 Å². The first kappa shape index (κ1) is 20.7. The van der Waals surface area contributed by atoms with E-state index in [1.165, 1.54) is 11.1 Å². The van der Waals surface area contributed by atoms with E-state index in [4.69, 9.17) is 9.73 Å². The van der Waals surface area contributed by atoms with Crippen LogP contribution < -0.4 is 10.6 Å². The standard InChI is InChI=1S/C21H36N4O/c1-5-22-20(23-11-8-12-25-13-15-26-16-14-25)24-17-21(3,4)19-10-7-6-9-18(19)2/h6-7,9-10H,5,8,11-17H2,1-4H3,(H2,22,23,24). The lowest BCUT2D eigenvalue weighted by Gasteiger charge is -2.27. The zero-order valence-electron chi connectivity index (χ0n) is 17.0. The molecule has 0 unspecified atom stereocenters. The quantitative estimate of drug-likeness (QED) is 0.425. The van der Waals surface area contributed by atoms with Gasteiger partial charge in [-0.15, -0.1) is 0 Å². The van der Waals surface area contributed by atoms with Crippen molar-refractivity contribution in [3.05, 3.63) is 35.4 Å². The zero-order chi connectivity index (χ0) is 18.8. The van der Waals surface area contributed by atoms with Crippen molar-refractivity contribution < 1.29 is 4.74 Å². The molecule has 1 aliphatic rings. The number of hydrogen-bond donors (Lipinski definition) is 2. The monoisotopic (exact) mass is 360 g/mol. The Balaban J connectivity index is 1.84. The predicted octanol–water partition coefficient (Wildman–Crippen LogP) is 2.55. The molecule has 1 aromatic rings. The highest BCUT2D eigenvalue weighted by Gasteiger charge is 2.22. The molecule has 5 heteroatoms. The maximum Gasteiger partial charge on any atom is 0.191 e.